The predicted octanol–water partition coefficient (Wildman–Crippen LogP) is 3.15. The van der Waals surface area contributed by atoms with E-state index in [0.29, 0.717) is 0 Å². The maximum Gasteiger partial charge on any atom is 0.0118 e. The third-order valence-corrected chi connectivity index (χ3v) is 3.70. The van der Waals surface area contributed by atoms with E-state index >= 15 is 0 Å². The molecule has 1 nitrogen and oxygen atoms in total. The Morgan fingerprint density at radius 2 is 2.00 bits per heavy atom. The second-order valence-electron chi connectivity index (χ2n) is 4.76. The normalized spacial score (nSPS) is 18.9. The Morgan fingerprint density at radius 3 is 2.50 bits per heavy atom. The van der Waals surface area contributed by atoms with E-state index in [-0.39, 0.29) is 0 Å². The molecule has 1 N–H and O–H groups in total. The van der Waals surface area contributed by atoms with Gasteiger partial charge in [0.25, 0.3) is 0 Å². The van der Waals surface area contributed by atoms with Crippen molar-refractivity contribution < 1.29 is 0 Å². The van der Waals surface area contributed by atoms with Crippen LogP contribution in [0.5, 0.6) is 0 Å². The van der Waals surface area contributed by atoms with Gasteiger partial charge in [-0.3, -0.25) is 0 Å². The van der Waals surface area contributed by atoms with Crippen molar-refractivity contribution in [1.82, 2.24) is 5.32 Å². The van der Waals surface area contributed by atoms with Crippen molar-refractivity contribution in [3.8, 4) is 0 Å². The number of nitrogens with one attached hydrogen (secondary N) is 1. The minimum atomic E-state index is 0.796. The summed E-state index contributed by atoms with van der Waals surface area (Å²) in [5, 5.41) is 3.73. The van der Waals surface area contributed by atoms with Gasteiger partial charge >= 0.3 is 0 Å². The quantitative estimate of drug-likeness (QED) is 0.624. The van der Waals surface area contributed by atoms with Gasteiger partial charge in [0.1, 0.15) is 0 Å². The number of rotatable bonds is 8. The zero-order chi connectivity index (χ0) is 10.4. The van der Waals surface area contributed by atoms with Gasteiger partial charge in [-0.2, -0.15) is 11.8 Å². The van der Waals surface area contributed by atoms with E-state index in [4.69, 9.17) is 0 Å². The van der Waals surface area contributed by atoms with Crippen molar-refractivity contribution >= 4 is 11.8 Å². The van der Waals surface area contributed by atoms with Crippen LogP contribution in [0.4, 0.5) is 0 Å². The summed E-state index contributed by atoms with van der Waals surface area (Å²) in [5.74, 6) is 3.12. The van der Waals surface area contributed by atoms with Crippen molar-refractivity contribution in [3.63, 3.8) is 0 Å². The molecule has 84 valence electrons. The molecular formula is C12H25NS. The van der Waals surface area contributed by atoms with Crippen molar-refractivity contribution in [2.45, 2.75) is 45.6 Å². The summed E-state index contributed by atoms with van der Waals surface area (Å²) in [7, 11) is 0. The predicted molar refractivity (Wildman–Crippen MR) is 67.0 cm³/mol. The molecule has 0 aromatic heterocycles. The molecule has 0 radical (unpaired) electrons. The Hall–Kier alpha value is 0.310. The molecule has 2 heteroatoms. The first-order valence-corrected chi connectivity index (χ1v) is 7.37. The minimum absolute atomic E-state index is 0.796. The Labute approximate surface area is 93.4 Å². The number of hydrogen-bond acceptors (Lipinski definition) is 2. The van der Waals surface area contributed by atoms with Crippen LogP contribution in [-0.2, 0) is 0 Å². The van der Waals surface area contributed by atoms with Crippen molar-refractivity contribution in [3.05, 3.63) is 0 Å². The van der Waals surface area contributed by atoms with E-state index in [2.05, 4.69) is 25.4 Å². The lowest BCUT2D eigenvalue weighted by molar-refractivity contribution is 0.359. The zero-order valence-electron chi connectivity index (χ0n) is 9.88. The Morgan fingerprint density at radius 1 is 1.29 bits per heavy atom. The monoisotopic (exact) mass is 215 g/mol. The van der Waals surface area contributed by atoms with E-state index in [9.17, 15) is 0 Å². The first-order valence-electron chi connectivity index (χ1n) is 5.98. The fourth-order valence-corrected chi connectivity index (χ4v) is 2.53. The first-order chi connectivity index (χ1) is 6.75. The average molecular weight is 215 g/mol. The number of thioether (sulfide) groups is 1. The van der Waals surface area contributed by atoms with Gasteiger partial charge in [-0.1, -0.05) is 13.8 Å². The molecule has 0 bridgehead atoms. The molecule has 0 saturated heterocycles. The SMILES string of the molecule is CSCCCCNC(C(C)C)C1CC1. The van der Waals surface area contributed by atoms with Crippen LogP contribution in [0.25, 0.3) is 0 Å². The first kappa shape index (κ1) is 12.4. The molecule has 1 atom stereocenters. The van der Waals surface area contributed by atoms with Crippen molar-refractivity contribution in [2.75, 3.05) is 18.6 Å². The van der Waals surface area contributed by atoms with E-state index in [1.807, 2.05) is 11.8 Å². The largest absolute Gasteiger partial charge is 0.313 e. The van der Waals surface area contributed by atoms with Gasteiger partial charge < -0.3 is 5.32 Å². The third-order valence-electron chi connectivity index (χ3n) is 3.00. The summed E-state index contributed by atoms with van der Waals surface area (Å²) >= 11 is 1.96. The van der Waals surface area contributed by atoms with Gasteiger partial charge in [-0.25, -0.2) is 0 Å². The summed E-state index contributed by atoms with van der Waals surface area (Å²) < 4.78 is 0. The van der Waals surface area contributed by atoms with Crippen LogP contribution in [0.3, 0.4) is 0 Å². The maximum atomic E-state index is 3.73. The van der Waals surface area contributed by atoms with Crippen LogP contribution in [0.2, 0.25) is 0 Å². The standard InChI is InChI=1S/C12H25NS/c1-10(2)12(11-6-7-11)13-8-4-5-9-14-3/h10-13H,4-9H2,1-3H3. The maximum absolute atomic E-state index is 3.73. The smallest absolute Gasteiger partial charge is 0.0118 e. The molecular weight excluding hydrogens is 190 g/mol. The zero-order valence-corrected chi connectivity index (χ0v) is 10.7. The highest BCUT2D eigenvalue weighted by molar-refractivity contribution is 7.98. The second-order valence-corrected chi connectivity index (χ2v) is 5.75. The molecule has 0 aliphatic heterocycles. The molecule has 1 aliphatic carbocycles. The molecule has 1 fully saturated rings. The fourth-order valence-electron chi connectivity index (χ4n) is 2.04. The topological polar surface area (TPSA) is 12.0 Å². The third kappa shape index (κ3) is 4.70. The number of hydrogen-bond donors (Lipinski definition) is 1. The molecule has 0 amide bonds. The summed E-state index contributed by atoms with van der Waals surface area (Å²) in [6.07, 6.45) is 7.82. The van der Waals surface area contributed by atoms with E-state index < -0.39 is 0 Å². The van der Waals surface area contributed by atoms with Crippen LogP contribution in [0.1, 0.15) is 39.5 Å². The van der Waals surface area contributed by atoms with Gasteiger partial charge in [0.05, 0.1) is 0 Å². The van der Waals surface area contributed by atoms with E-state index in [1.165, 1.54) is 38.0 Å². The van der Waals surface area contributed by atoms with Gasteiger partial charge in [0, 0.05) is 6.04 Å². The van der Waals surface area contributed by atoms with Gasteiger partial charge in [-0.15, -0.1) is 0 Å². The Balaban J connectivity index is 2.02. The lowest BCUT2D eigenvalue weighted by Gasteiger charge is -2.22. The van der Waals surface area contributed by atoms with Crippen LogP contribution in [0, 0.1) is 11.8 Å². The van der Waals surface area contributed by atoms with Crippen LogP contribution < -0.4 is 5.32 Å². The van der Waals surface area contributed by atoms with Crippen LogP contribution in [-0.4, -0.2) is 24.6 Å². The van der Waals surface area contributed by atoms with Gasteiger partial charge in [0.15, 0.2) is 0 Å². The molecule has 14 heavy (non-hydrogen) atoms. The summed E-state index contributed by atoms with van der Waals surface area (Å²) in [6, 6.07) is 0.796. The van der Waals surface area contributed by atoms with E-state index in [0.717, 1.165) is 17.9 Å². The molecule has 0 aromatic carbocycles. The highest BCUT2D eigenvalue weighted by Gasteiger charge is 2.32. The summed E-state index contributed by atoms with van der Waals surface area (Å²) in [6.45, 7) is 5.91. The lowest BCUT2D eigenvalue weighted by Crippen LogP contribution is -2.36. The Bertz CT molecular complexity index is 141. The second kappa shape index (κ2) is 6.73. The van der Waals surface area contributed by atoms with Crippen LogP contribution >= 0.6 is 11.8 Å². The summed E-state index contributed by atoms with van der Waals surface area (Å²) in [4.78, 5) is 0. The molecule has 1 unspecified atom stereocenters. The highest BCUT2D eigenvalue weighted by atomic mass is 32.2. The molecule has 0 aromatic rings. The molecule has 1 rings (SSSR count). The highest BCUT2D eigenvalue weighted by Crippen LogP contribution is 2.35. The number of unbranched alkanes of at least 4 members (excludes halogenated alkanes) is 1. The van der Waals surface area contributed by atoms with Crippen molar-refractivity contribution in [1.29, 1.82) is 0 Å². The van der Waals surface area contributed by atoms with Gasteiger partial charge in [0.2, 0.25) is 0 Å². The molecule has 0 spiro atoms. The average Bonchev–Trinajstić information content (AvgIpc) is 2.94. The molecule has 1 saturated carbocycles. The summed E-state index contributed by atoms with van der Waals surface area (Å²) in [5.41, 5.74) is 0. The van der Waals surface area contributed by atoms with Crippen LogP contribution in [0.15, 0.2) is 0 Å². The Kier molecular flexibility index (Phi) is 5.95. The van der Waals surface area contributed by atoms with Gasteiger partial charge in [-0.05, 0) is 56.1 Å². The molecule has 0 heterocycles. The van der Waals surface area contributed by atoms with Crippen molar-refractivity contribution in [2.24, 2.45) is 11.8 Å². The fraction of sp³-hybridized carbons (Fsp3) is 1.00. The lowest BCUT2D eigenvalue weighted by atomic mass is 9.99. The van der Waals surface area contributed by atoms with E-state index in [1.54, 1.807) is 0 Å². The minimum Gasteiger partial charge on any atom is -0.313 e. The molecule has 1 aliphatic rings.